The van der Waals surface area contributed by atoms with E-state index in [1.54, 1.807) is 11.3 Å². The van der Waals surface area contributed by atoms with Crippen LogP contribution in [0.5, 0.6) is 0 Å². The van der Waals surface area contributed by atoms with Gasteiger partial charge in [-0.05, 0) is 37.8 Å². The van der Waals surface area contributed by atoms with E-state index in [0.717, 1.165) is 29.8 Å². The van der Waals surface area contributed by atoms with Crippen molar-refractivity contribution in [1.29, 1.82) is 5.26 Å². The third-order valence-corrected chi connectivity index (χ3v) is 4.10. The van der Waals surface area contributed by atoms with Gasteiger partial charge in [0.2, 0.25) is 5.91 Å². The van der Waals surface area contributed by atoms with Gasteiger partial charge in [-0.25, -0.2) is 0 Å². The van der Waals surface area contributed by atoms with E-state index in [0.29, 0.717) is 24.9 Å². The molecule has 3 N–H and O–H groups in total. The number of aryl methyl sites for hydroxylation is 1. The van der Waals surface area contributed by atoms with Crippen molar-refractivity contribution in [2.45, 2.75) is 32.1 Å². The lowest BCUT2D eigenvalue weighted by Gasteiger charge is -2.02. The van der Waals surface area contributed by atoms with E-state index in [1.165, 1.54) is 4.88 Å². The molecule has 1 aromatic rings. The van der Waals surface area contributed by atoms with Gasteiger partial charge in [-0.2, -0.15) is 5.26 Å². The van der Waals surface area contributed by atoms with Gasteiger partial charge in [-0.15, -0.1) is 11.3 Å². The summed E-state index contributed by atoms with van der Waals surface area (Å²) in [5.74, 6) is -0.0492. The Labute approximate surface area is 104 Å². The summed E-state index contributed by atoms with van der Waals surface area (Å²) in [6, 6.07) is 2.21. The molecule has 90 valence electrons. The molecule has 0 spiro atoms. The van der Waals surface area contributed by atoms with Crippen molar-refractivity contribution in [2.24, 2.45) is 5.73 Å². The molecular weight excluding hydrogens is 234 g/mol. The van der Waals surface area contributed by atoms with E-state index >= 15 is 0 Å². The van der Waals surface area contributed by atoms with Crippen molar-refractivity contribution in [3.63, 3.8) is 0 Å². The summed E-state index contributed by atoms with van der Waals surface area (Å²) in [4.78, 5) is 12.9. The maximum absolute atomic E-state index is 11.6. The first-order valence-electron chi connectivity index (χ1n) is 5.80. The number of nitrogens with one attached hydrogen (secondary N) is 1. The Bertz CT molecular complexity index is 473. The summed E-state index contributed by atoms with van der Waals surface area (Å²) < 4.78 is 0. The van der Waals surface area contributed by atoms with E-state index in [-0.39, 0.29) is 5.91 Å². The Kier molecular flexibility index (Phi) is 3.77. The second-order valence-electron chi connectivity index (χ2n) is 4.11. The van der Waals surface area contributed by atoms with Crippen LogP contribution in [0.4, 0.5) is 5.00 Å². The van der Waals surface area contributed by atoms with Crippen LogP contribution in [0.2, 0.25) is 0 Å². The third-order valence-electron chi connectivity index (χ3n) is 2.89. The van der Waals surface area contributed by atoms with Gasteiger partial charge in [0, 0.05) is 11.3 Å². The molecule has 0 aliphatic heterocycles. The van der Waals surface area contributed by atoms with Gasteiger partial charge < -0.3 is 11.1 Å². The number of thiophene rings is 1. The van der Waals surface area contributed by atoms with Crippen LogP contribution in [0.25, 0.3) is 0 Å². The SMILES string of the molecule is N#Cc1c(NC(=O)CCCN)sc2c1CCC2. The molecule has 1 amide bonds. The highest BCUT2D eigenvalue weighted by atomic mass is 32.1. The lowest BCUT2D eigenvalue weighted by atomic mass is 10.1. The highest BCUT2D eigenvalue weighted by Gasteiger charge is 2.22. The van der Waals surface area contributed by atoms with Crippen LogP contribution in [0.3, 0.4) is 0 Å². The van der Waals surface area contributed by atoms with Gasteiger partial charge in [-0.1, -0.05) is 0 Å². The topological polar surface area (TPSA) is 78.9 Å². The summed E-state index contributed by atoms with van der Waals surface area (Å²) in [6.07, 6.45) is 4.22. The first kappa shape index (κ1) is 12.1. The van der Waals surface area contributed by atoms with Crippen molar-refractivity contribution in [3.05, 3.63) is 16.0 Å². The minimum Gasteiger partial charge on any atom is -0.330 e. The fourth-order valence-electron chi connectivity index (χ4n) is 2.06. The lowest BCUT2D eigenvalue weighted by Crippen LogP contribution is -2.13. The smallest absolute Gasteiger partial charge is 0.225 e. The van der Waals surface area contributed by atoms with E-state index in [9.17, 15) is 4.79 Å². The number of nitriles is 1. The predicted octanol–water partition coefficient (Wildman–Crippen LogP) is 1.79. The summed E-state index contributed by atoms with van der Waals surface area (Å²) >= 11 is 1.55. The molecule has 0 aromatic carbocycles. The minimum atomic E-state index is -0.0492. The van der Waals surface area contributed by atoms with Gasteiger partial charge in [0.15, 0.2) is 0 Å². The van der Waals surface area contributed by atoms with Crippen molar-refractivity contribution in [3.8, 4) is 6.07 Å². The minimum absolute atomic E-state index is 0.0492. The van der Waals surface area contributed by atoms with Gasteiger partial charge in [0.25, 0.3) is 0 Å². The first-order valence-corrected chi connectivity index (χ1v) is 6.62. The van der Waals surface area contributed by atoms with E-state index < -0.39 is 0 Å². The number of hydrogen-bond donors (Lipinski definition) is 2. The molecular formula is C12H15N3OS. The number of nitrogens with zero attached hydrogens (tertiary/aromatic N) is 1. The van der Waals surface area contributed by atoms with Crippen LogP contribution in [0, 0.1) is 11.3 Å². The second-order valence-corrected chi connectivity index (χ2v) is 5.22. The average molecular weight is 249 g/mol. The summed E-state index contributed by atoms with van der Waals surface area (Å²) in [7, 11) is 0. The van der Waals surface area contributed by atoms with E-state index in [1.807, 2.05) is 0 Å². The van der Waals surface area contributed by atoms with Crippen molar-refractivity contribution in [1.82, 2.24) is 0 Å². The second kappa shape index (κ2) is 5.30. The van der Waals surface area contributed by atoms with Crippen molar-refractivity contribution in [2.75, 3.05) is 11.9 Å². The fraction of sp³-hybridized carbons (Fsp3) is 0.500. The molecule has 0 unspecified atom stereocenters. The number of carbonyl (C=O) groups excluding carboxylic acids is 1. The number of nitrogens with two attached hydrogens (primary N) is 1. The highest BCUT2D eigenvalue weighted by molar-refractivity contribution is 7.16. The van der Waals surface area contributed by atoms with Crippen molar-refractivity contribution >= 4 is 22.2 Å². The predicted molar refractivity (Wildman–Crippen MR) is 68.0 cm³/mol. The van der Waals surface area contributed by atoms with Gasteiger partial charge >= 0.3 is 0 Å². The van der Waals surface area contributed by atoms with Crippen LogP contribution in [-0.2, 0) is 17.6 Å². The molecule has 1 heterocycles. The standard InChI is InChI=1S/C12H15N3OS/c13-6-2-5-11(16)15-12-9(7-14)8-3-1-4-10(8)17-12/h1-6,13H2,(H,15,16). The van der Waals surface area contributed by atoms with Gasteiger partial charge in [0.05, 0.1) is 5.56 Å². The Morgan fingerprint density at radius 3 is 3.06 bits per heavy atom. The summed E-state index contributed by atoms with van der Waals surface area (Å²) in [5.41, 5.74) is 7.17. The average Bonchev–Trinajstić information content (AvgIpc) is 2.86. The quantitative estimate of drug-likeness (QED) is 0.853. The molecule has 0 radical (unpaired) electrons. The maximum atomic E-state index is 11.6. The Morgan fingerprint density at radius 2 is 2.35 bits per heavy atom. The number of anilines is 1. The monoisotopic (exact) mass is 249 g/mol. The number of amides is 1. The molecule has 1 aliphatic rings. The van der Waals surface area contributed by atoms with Crippen LogP contribution >= 0.6 is 11.3 Å². The first-order chi connectivity index (χ1) is 8.26. The molecule has 4 nitrogen and oxygen atoms in total. The molecule has 0 fully saturated rings. The molecule has 0 saturated carbocycles. The van der Waals surface area contributed by atoms with Crippen LogP contribution in [0.15, 0.2) is 0 Å². The zero-order chi connectivity index (χ0) is 12.3. The molecule has 17 heavy (non-hydrogen) atoms. The zero-order valence-electron chi connectivity index (χ0n) is 9.58. The number of carbonyl (C=O) groups is 1. The zero-order valence-corrected chi connectivity index (χ0v) is 10.4. The third kappa shape index (κ3) is 2.48. The molecule has 5 heteroatoms. The number of hydrogen-bond acceptors (Lipinski definition) is 4. The molecule has 0 bridgehead atoms. The van der Waals surface area contributed by atoms with Gasteiger partial charge in [0.1, 0.15) is 11.1 Å². The van der Waals surface area contributed by atoms with Crippen LogP contribution in [-0.4, -0.2) is 12.5 Å². The van der Waals surface area contributed by atoms with Crippen LogP contribution in [0.1, 0.15) is 35.3 Å². The summed E-state index contributed by atoms with van der Waals surface area (Å²) in [5, 5.41) is 12.7. The highest BCUT2D eigenvalue weighted by Crippen LogP contribution is 2.38. The normalized spacial score (nSPS) is 13.2. The van der Waals surface area contributed by atoms with Crippen LogP contribution < -0.4 is 11.1 Å². The number of rotatable bonds is 4. The van der Waals surface area contributed by atoms with Gasteiger partial charge in [-0.3, -0.25) is 4.79 Å². The number of fused-ring (bicyclic) bond motifs is 1. The fourth-order valence-corrected chi connectivity index (χ4v) is 3.32. The van der Waals surface area contributed by atoms with Crippen molar-refractivity contribution < 1.29 is 4.79 Å². The molecule has 2 rings (SSSR count). The maximum Gasteiger partial charge on any atom is 0.225 e. The molecule has 1 aromatic heterocycles. The Hall–Kier alpha value is -1.38. The lowest BCUT2D eigenvalue weighted by molar-refractivity contribution is -0.116. The molecule has 1 aliphatic carbocycles. The Balaban J connectivity index is 2.12. The van der Waals surface area contributed by atoms with E-state index in [2.05, 4.69) is 11.4 Å². The molecule has 0 atom stereocenters. The largest absolute Gasteiger partial charge is 0.330 e. The Morgan fingerprint density at radius 1 is 1.53 bits per heavy atom. The van der Waals surface area contributed by atoms with E-state index in [4.69, 9.17) is 11.0 Å². The summed E-state index contributed by atoms with van der Waals surface area (Å²) in [6.45, 7) is 0.513. The molecule has 0 saturated heterocycles.